The lowest BCUT2D eigenvalue weighted by Gasteiger charge is -2.19. The Balaban J connectivity index is 2.45. The number of hydrogen-bond acceptors (Lipinski definition) is 1. The molecular weight excluding hydrogens is 365 g/mol. The molecule has 3 heteroatoms. The predicted octanol–water partition coefficient (Wildman–Crippen LogP) is 3.80. The van der Waals surface area contributed by atoms with Gasteiger partial charge in [-0.1, -0.05) is 41.9 Å². The van der Waals surface area contributed by atoms with Gasteiger partial charge in [-0.25, -0.2) is 0 Å². The van der Waals surface area contributed by atoms with Crippen molar-refractivity contribution in [3.05, 3.63) is 33.4 Å². The van der Waals surface area contributed by atoms with Gasteiger partial charge in [-0.2, -0.15) is 0 Å². The van der Waals surface area contributed by atoms with E-state index >= 15 is 0 Å². The average molecular weight is 382 g/mol. The van der Waals surface area contributed by atoms with E-state index in [0.717, 1.165) is 11.9 Å². The fourth-order valence-electron chi connectivity index (χ4n) is 1.32. The van der Waals surface area contributed by atoms with Gasteiger partial charge < -0.3 is 5.32 Å². The number of halogens is 2. The molecule has 0 heterocycles. The normalized spacial score (nSPS) is 13.1. The summed E-state index contributed by atoms with van der Waals surface area (Å²) in [6, 6.07) is 9.21. The van der Waals surface area contributed by atoms with E-state index in [0.29, 0.717) is 12.0 Å². The third-order valence-electron chi connectivity index (χ3n) is 2.45. The van der Waals surface area contributed by atoms with Gasteiger partial charge >= 0.3 is 0 Å². The van der Waals surface area contributed by atoms with Crippen molar-refractivity contribution in [3.63, 3.8) is 0 Å². The van der Waals surface area contributed by atoms with Crippen molar-refractivity contribution in [2.75, 3.05) is 5.33 Å². The van der Waals surface area contributed by atoms with Crippen molar-refractivity contribution in [1.82, 2.24) is 5.32 Å². The molecule has 0 aromatic heterocycles. The minimum atomic E-state index is 0.546. The molecule has 15 heavy (non-hydrogen) atoms. The molecule has 0 radical (unpaired) electrons. The van der Waals surface area contributed by atoms with Crippen molar-refractivity contribution in [3.8, 4) is 0 Å². The van der Waals surface area contributed by atoms with Crippen LogP contribution in [-0.2, 0) is 6.54 Å². The third-order valence-corrected chi connectivity index (χ3v) is 3.87. The Bertz CT molecular complexity index is 284. The minimum absolute atomic E-state index is 0.546. The Morgan fingerprint density at radius 2 is 1.87 bits per heavy atom. The lowest BCUT2D eigenvalue weighted by atomic mass is 10.1. The van der Waals surface area contributed by atoms with Gasteiger partial charge in [0.05, 0.1) is 0 Å². The summed E-state index contributed by atoms with van der Waals surface area (Å²) >= 11 is 5.87. The maximum absolute atomic E-state index is 3.56. The molecule has 0 amide bonds. The molecule has 1 atom stereocenters. The molecule has 0 spiro atoms. The van der Waals surface area contributed by atoms with Crippen molar-refractivity contribution in [1.29, 1.82) is 0 Å². The summed E-state index contributed by atoms with van der Waals surface area (Å²) in [5.41, 5.74) is 1.35. The lowest BCUT2D eigenvalue weighted by Crippen LogP contribution is -2.34. The van der Waals surface area contributed by atoms with E-state index in [9.17, 15) is 0 Å². The highest BCUT2D eigenvalue weighted by Crippen LogP contribution is 2.09. The highest BCUT2D eigenvalue weighted by Gasteiger charge is 2.10. The molecular formula is C12H17BrIN. The molecule has 1 aromatic rings. The van der Waals surface area contributed by atoms with Crippen LogP contribution in [0, 0.1) is 9.49 Å². The Kier molecular flexibility index (Phi) is 6.16. The van der Waals surface area contributed by atoms with Crippen LogP contribution in [0.3, 0.4) is 0 Å². The first-order valence-electron chi connectivity index (χ1n) is 5.17. The van der Waals surface area contributed by atoms with Gasteiger partial charge in [0.1, 0.15) is 0 Å². The molecule has 84 valence electrons. The number of benzene rings is 1. The molecule has 1 unspecified atom stereocenters. The lowest BCUT2D eigenvalue weighted by molar-refractivity contribution is 0.434. The van der Waals surface area contributed by atoms with Gasteiger partial charge in [-0.05, 0) is 46.2 Å². The van der Waals surface area contributed by atoms with Crippen molar-refractivity contribution >= 4 is 38.5 Å². The maximum Gasteiger partial charge on any atom is 0.0208 e. The van der Waals surface area contributed by atoms with Crippen molar-refractivity contribution in [2.24, 2.45) is 5.92 Å². The fourth-order valence-corrected chi connectivity index (χ4v) is 2.66. The van der Waals surface area contributed by atoms with Crippen LogP contribution < -0.4 is 5.32 Å². The monoisotopic (exact) mass is 381 g/mol. The summed E-state index contributed by atoms with van der Waals surface area (Å²) in [6.45, 7) is 5.44. The molecule has 0 saturated carbocycles. The third kappa shape index (κ3) is 4.83. The summed E-state index contributed by atoms with van der Waals surface area (Å²) < 4.78 is 1.29. The molecule has 0 saturated heterocycles. The van der Waals surface area contributed by atoms with Gasteiger partial charge in [-0.3, -0.25) is 0 Å². The highest BCUT2D eigenvalue weighted by atomic mass is 127. The molecule has 1 rings (SSSR count). The van der Waals surface area contributed by atoms with Gasteiger partial charge in [0.15, 0.2) is 0 Å². The maximum atomic E-state index is 3.56. The molecule has 1 N–H and O–H groups in total. The van der Waals surface area contributed by atoms with E-state index in [-0.39, 0.29) is 0 Å². The second kappa shape index (κ2) is 6.86. The molecule has 1 nitrogen and oxygen atoms in total. The van der Waals surface area contributed by atoms with Gasteiger partial charge in [0.2, 0.25) is 0 Å². The summed E-state index contributed by atoms with van der Waals surface area (Å²) in [5, 5.41) is 4.56. The molecule has 1 aromatic carbocycles. The quantitative estimate of drug-likeness (QED) is 0.604. The van der Waals surface area contributed by atoms with Crippen LogP contribution in [0.25, 0.3) is 0 Å². The first-order chi connectivity index (χ1) is 7.13. The topological polar surface area (TPSA) is 12.0 Å². The zero-order valence-corrected chi connectivity index (χ0v) is 12.9. The van der Waals surface area contributed by atoms with Crippen molar-refractivity contribution in [2.45, 2.75) is 26.4 Å². The molecule has 0 aliphatic heterocycles. The van der Waals surface area contributed by atoms with Gasteiger partial charge in [-0.15, -0.1) is 0 Å². The van der Waals surface area contributed by atoms with E-state index in [1.54, 1.807) is 0 Å². The Labute approximate surface area is 114 Å². The second-order valence-corrected chi connectivity index (χ2v) is 5.91. The summed E-state index contributed by atoms with van der Waals surface area (Å²) in [7, 11) is 0. The Morgan fingerprint density at radius 1 is 1.27 bits per heavy atom. The van der Waals surface area contributed by atoms with Crippen LogP contribution >= 0.6 is 38.5 Å². The van der Waals surface area contributed by atoms with E-state index in [1.807, 2.05) is 0 Å². The molecule has 0 aliphatic carbocycles. The zero-order chi connectivity index (χ0) is 11.3. The minimum Gasteiger partial charge on any atom is -0.309 e. The van der Waals surface area contributed by atoms with E-state index in [1.165, 1.54) is 9.13 Å². The largest absolute Gasteiger partial charge is 0.309 e. The van der Waals surface area contributed by atoms with Crippen LogP contribution in [0.4, 0.5) is 0 Å². The van der Waals surface area contributed by atoms with Crippen LogP contribution in [0.2, 0.25) is 0 Å². The van der Waals surface area contributed by atoms with Crippen LogP contribution in [0.1, 0.15) is 19.4 Å². The Morgan fingerprint density at radius 3 is 2.33 bits per heavy atom. The van der Waals surface area contributed by atoms with Gasteiger partial charge in [0, 0.05) is 21.5 Å². The number of nitrogens with one attached hydrogen (secondary N) is 1. The van der Waals surface area contributed by atoms with Crippen LogP contribution in [0.5, 0.6) is 0 Å². The Hall–Kier alpha value is 0.390. The predicted molar refractivity (Wildman–Crippen MR) is 78.4 cm³/mol. The number of hydrogen-bond donors (Lipinski definition) is 1. The summed E-state index contributed by atoms with van der Waals surface area (Å²) in [6.07, 6.45) is 0. The van der Waals surface area contributed by atoms with E-state index in [4.69, 9.17) is 0 Å². The second-order valence-electron chi connectivity index (χ2n) is 4.01. The highest BCUT2D eigenvalue weighted by molar-refractivity contribution is 14.1. The molecule has 0 aliphatic rings. The summed E-state index contributed by atoms with van der Waals surface area (Å²) in [4.78, 5) is 0. The van der Waals surface area contributed by atoms with E-state index in [2.05, 4.69) is 82.0 Å². The zero-order valence-electron chi connectivity index (χ0n) is 9.13. The first-order valence-corrected chi connectivity index (χ1v) is 7.37. The van der Waals surface area contributed by atoms with Gasteiger partial charge in [0.25, 0.3) is 0 Å². The summed E-state index contributed by atoms with van der Waals surface area (Å²) in [5.74, 6) is 0.660. The van der Waals surface area contributed by atoms with Crippen LogP contribution in [-0.4, -0.2) is 11.4 Å². The molecule has 0 fully saturated rings. The number of rotatable bonds is 5. The fraction of sp³-hybridized carbons (Fsp3) is 0.500. The van der Waals surface area contributed by atoms with Crippen LogP contribution in [0.15, 0.2) is 24.3 Å². The van der Waals surface area contributed by atoms with Crippen molar-refractivity contribution < 1.29 is 0 Å². The smallest absolute Gasteiger partial charge is 0.0208 e. The standard InChI is InChI=1S/C12H17BrIN/c1-9(2)12(7-13)15-8-10-3-5-11(14)6-4-10/h3-6,9,12,15H,7-8H2,1-2H3. The molecule has 0 bridgehead atoms. The first kappa shape index (κ1) is 13.5. The van der Waals surface area contributed by atoms with E-state index < -0.39 is 0 Å². The number of alkyl halides is 1. The SMILES string of the molecule is CC(C)C(CBr)NCc1ccc(I)cc1. The average Bonchev–Trinajstić information content (AvgIpc) is 2.21.